The van der Waals surface area contributed by atoms with E-state index in [4.69, 9.17) is 4.74 Å². The normalized spacial score (nSPS) is 10.8. The van der Waals surface area contributed by atoms with Gasteiger partial charge in [0.25, 0.3) is 0 Å². The van der Waals surface area contributed by atoms with E-state index in [1.807, 2.05) is 31.2 Å². The van der Waals surface area contributed by atoms with E-state index >= 15 is 0 Å². The van der Waals surface area contributed by atoms with Crippen LogP contribution in [0.5, 0.6) is 0 Å². The summed E-state index contributed by atoms with van der Waals surface area (Å²) in [6.07, 6.45) is 1.42. The molecule has 0 aliphatic carbocycles. The maximum atomic E-state index is 12.5. The van der Waals surface area contributed by atoms with Crippen molar-refractivity contribution in [3.05, 3.63) is 66.0 Å². The number of thioether (sulfide) groups is 1. The standard InChI is InChI=1S/C22H20N6O3S/c1-3-31-22(30)16-6-4-5-7-17(16)25-18(29)12-32-21-19-20(23-13-24-21)28(27-26-19)15-10-8-14(2)9-11-15/h4-11,13H,3,12H2,1-2H3,(H,25,29). The number of aryl methyl sites for hydroxylation is 1. The zero-order valence-electron chi connectivity index (χ0n) is 17.5. The number of anilines is 1. The summed E-state index contributed by atoms with van der Waals surface area (Å²) in [7, 11) is 0. The smallest absolute Gasteiger partial charge is 0.340 e. The van der Waals surface area contributed by atoms with E-state index in [1.165, 1.54) is 18.1 Å². The molecule has 0 aliphatic rings. The number of nitrogens with zero attached hydrogens (tertiary/aromatic N) is 5. The highest BCUT2D eigenvalue weighted by Gasteiger charge is 2.17. The molecule has 10 heteroatoms. The van der Waals surface area contributed by atoms with Gasteiger partial charge in [0.1, 0.15) is 11.4 Å². The van der Waals surface area contributed by atoms with Crippen LogP contribution in [-0.4, -0.2) is 49.2 Å². The summed E-state index contributed by atoms with van der Waals surface area (Å²) in [6.45, 7) is 3.99. The van der Waals surface area contributed by atoms with E-state index in [0.29, 0.717) is 27.4 Å². The number of amides is 1. The number of carbonyl (C=O) groups is 2. The number of fused-ring (bicyclic) bond motifs is 1. The SMILES string of the molecule is CCOC(=O)c1ccccc1NC(=O)CSc1ncnc2c1nnn2-c1ccc(C)cc1. The number of rotatable bonds is 7. The van der Waals surface area contributed by atoms with E-state index in [2.05, 4.69) is 25.6 Å². The summed E-state index contributed by atoms with van der Waals surface area (Å²) >= 11 is 1.22. The number of nitrogens with one attached hydrogen (secondary N) is 1. The van der Waals surface area contributed by atoms with Crippen molar-refractivity contribution in [1.29, 1.82) is 0 Å². The number of benzene rings is 2. The number of ether oxygens (including phenoxy) is 1. The molecule has 1 N–H and O–H groups in total. The minimum absolute atomic E-state index is 0.0701. The van der Waals surface area contributed by atoms with Gasteiger partial charge in [0.05, 0.1) is 29.3 Å². The topological polar surface area (TPSA) is 112 Å². The van der Waals surface area contributed by atoms with Crippen molar-refractivity contribution < 1.29 is 14.3 Å². The monoisotopic (exact) mass is 448 g/mol. The highest BCUT2D eigenvalue weighted by molar-refractivity contribution is 8.00. The third kappa shape index (κ3) is 4.59. The number of hydrogen-bond donors (Lipinski definition) is 1. The van der Waals surface area contributed by atoms with Crippen LogP contribution in [-0.2, 0) is 9.53 Å². The zero-order valence-corrected chi connectivity index (χ0v) is 18.3. The van der Waals surface area contributed by atoms with E-state index in [-0.39, 0.29) is 18.3 Å². The lowest BCUT2D eigenvalue weighted by Crippen LogP contribution is -2.17. The third-order valence-corrected chi connectivity index (χ3v) is 5.50. The summed E-state index contributed by atoms with van der Waals surface area (Å²) in [4.78, 5) is 33.2. The van der Waals surface area contributed by atoms with Crippen LogP contribution in [0.25, 0.3) is 16.9 Å². The molecule has 2 aromatic carbocycles. The quantitative estimate of drug-likeness (QED) is 0.260. The molecule has 0 radical (unpaired) electrons. The van der Waals surface area contributed by atoms with E-state index in [0.717, 1.165) is 11.3 Å². The molecule has 0 aliphatic heterocycles. The van der Waals surface area contributed by atoms with Crippen LogP contribution in [0.2, 0.25) is 0 Å². The Morgan fingerprint density at radius 3 is 2.66 bits per heavy atom. The fourth-order valence-electron chi connectivity index (χ4n) is 2.99. The Kier molecular flexibility index (Phi) is 6.41. The van der Waals surface area contributed by atoms with Crippen LogP contribution >= 0.6 is 11.8 Å². The Labute approximate surface area is 188 Å². The molecule has 0 unspecified atom stereocenters. The highest BCUT2D eigenvalue weighted by Crippen LogP contribution is 2.25. The Balaban J connectivity index is 1.49. The van der Waals surface area contributed by atoms with Gasteiger partial charge in [0.2, 0.25) is 5.91 Å². The molecule has 0 fully saturated rings. The van der Waals surface area contributed by atoms with Gasteiger partial charge in [0.15, 0.2) is 11.2 Å². The predicted octanol–water partition coefficient (Wildman–Crippen LogP) is 3.43. The van der Waals surface area contributed by atoms with Crippen LogP contribution in [0.4, 0.5) is 5.69 Å². The second-order valence-corrected chi connectivity index (χ2v) is 7.75. The second-order valence-electron chi connectivity index (χ2n) is 6.79. The summed E-state index contributed by atoms with van der Waals surface area (Å²) in [5.74, 6) is -0.702. The minimum Gasteiger partial charge on any atom is -0.462 e. The van der Waals surface area contributed by atoms with Crippen molar-refractivity contribution in [3.63, 3.8) is 0 Å². The fraction of sp³-hybridized carbons (Fsp3) is 0.182. The first-order valence-electron chi connectivity index (χ1n) is 9.89. The van der Waals surface area contributed by atoms with Crippen LogP contribution in [0.15, 0.2) is 59.9 Å². The molecule has 0 saturated carbocycles. The molecule has 0 bridgehead atoms. The number of carbonyl (C=O) groups excluding carboxylic acids is 2. The molecular weight excluding hydrogens is 428 g/mol. The highest BCUT2D eigenvalue weighted by atomic mass is 32.2. The molecule has 1 amide bonds. The maximum Gasteiger partial charge on any atom is 0.340 e. The Hall–Kier alpha value is -3.79. The molecule has 162 valence electrons. The number of aromatic nitrogens is 5. The largest absolute Gasteiger partial charge is 0.462 e. The molecule has 9 nitrogen and oxygen atoms in total. The summed E-state index contributed by atoms with van der Waals surface area (Å²) in [5, 5.41) is 11.7. The molecule has 4 aromatic rings. The van der Waals surface area contributed by atoms with Crippen molar-refractivity contribution >= 4 is 40.5 Å². The Morgan fingerprint density at radius 2 is 1.88 bits per heavy atom. The van der Waals surface area contributed by atoms with Gasteiger partial charge in [-0.25, -0.2) is 14.8 Å². The first kappa shape index (κ1) is 21.4. The van der Waals surface area contributed by atoms with Crippen LogP contribution in [0.3, 0.4) is 0 Å². The van der Waals surface area contributed by atoms with Crippen LogP contribution in [0.1, 0.15) is 22.8 Å². The van der Waals surface area contributed by atoms with Crippen LogP contribution < -0.4 is 5.32 Å². The molecule has 0 atom stereocenters. The average molecular weight is 449 g/mol. The molecule has 32 heavy (non-hydrogen) atoms. The van der Waals surface area contributed by atoms with E-state index in [1.54, 1.807) is 35.9 Å². The number of esters is 1. The first-order valence-corrected chi connectivity index (χ1v) is 10.9. The average Bonchev–Trinajstić information content (AvgIpc) is 3.23. The van der Waals surface area contributed by atoms with Gasteiger partial charge in [-0.15, -0.1) is 5.10 Å². The molecule has 0 saturated heterocycles. The number of para-hydroxylation sites is 1. The predicted molar refractivity (Wildman–Crippen MR) is 121 cm³/mol. The van der Waals surface area contributed by atoms with Gasteiger partial charge in [-0.2, -0.15) is 4.68 Å². The maximum absolute atomic E-state index is 12.5. The van der Waals surface area contributed by atoms with Crippen molar-refractivity contribution in [1.82, 2.24) is 25.0 Å². The van der Waals surface area contributed by atoms with Gasteiger partial charge < -0.3 is 10.1 Å². The molecule has 2 aromatic heterocycles. The molecule has 4 rings (SSSR count). The van der Waals surface area contributed by atoms with Gasteiger partial charge >= 0.3 is 5.97 Å². The third-order valence-electron chi connectivity index (χ3n) is 4.52. The van der Waals surface area contributed by atoms with Gasteiger partial charge in [-0.05, 0) is 38.1 Å². The van der Waals surface area contributed by atoms with Crippen molar-refractivity contribution in [2.24, 2.45) is 0 Å². The molecule has 2 heterocycles. The zero-order chi connectivity index (χ0) is 22.5. The van der Waals surface area contributed by atoms with Crippen molar-refractivity contribution in [2.45, 2.75) is 18.9 Å². The van der Waals surface area contributed by atoms with E-state index in [9.17, 15) is 9.59 Å². The number of hydrogen-bond acceptors (Lipinski definition) is 8. The van der Waals surface area contributed by atoms with Crippen molar-refractivity contribution in [3.8, 4) is 5.69 Å². The first-order chi connectivity index (χ1) is 15.6. The lowest BCUT2D eigenvalue weighted by Gasteiger charge is -2.10. The molecular formula is C22H20N6O3S. The van der Waals surface area contributed by atoms with Gasteiger partial charge in [-0.1, -0.05) is 46.8 Å². The van der Waals surface area contributed by atoms with E-state index < -0.39 is 5.97 Å². The summed E-state index contributed by atoms with van der Waals surface area (Å²) in [5.41, 5.74) is 3.74. The lowest BCUT2D eigenvalue weighted by atomic mass is 10.2. The van der Waals surface area contributed by atoms with Gasteiger partial charge in [0, 0.05) is 0 Å². The van der Waals surface area contributed by atoms with Gasteiger partial charge in [-0.3, -0.25) is 4.79 Å². The Morgan fingerprint density at radius 1 is 1.09 bits per heavy atom. The second kappa shape index (κ2) is 9.56. The minimum atomic E-state index is -0.485. The van der Waals surface area contributed by atoms with Crippen LogP contribution in [0, 0.1) is 6.92 Å². The summed E-state index contributed by atoms with van der Waals surface area (Å²) in [6, 6.07) is 14.6. The van der Waals surface area contributed by atoms with Crippen molar-refractivity contribution in [2.75, 3.05) is 17.7 Å². The summed E-state index contributed by atoms with van der Waals surface area (Å²) < 4.78 is 6.68. The molecule has 0 spiro atoms. The lowest BCUT2D eigenvalue weighted by molar-refractivity contribution is -0.113. The fourth-order valence-corrected chi connectivity index (χ4v) is 3.72. The Bertz CT molecular complexity index is 1270.